The van der Waals surface area contributed by atoms with E-state index in [1.165, 1.54) is 6.20 Å². The van der Waals surface area contributed by atoms with Gasteiger partial charge in [0.15, 0.2) is 11.6 Å². The van der Waals surface area contributed by atoms with Crippen molar-refractivity contribution in [1.82, 2.24) is 19.9 Å². The summed E-state index contributed by atoms with van der Waals surface area (Å²) in [5, 5.41) is 11.7. The summed E-state index contributed by atoms with van der Waals surface area (Å²) in [6.45, 7) is 0.127. The topological polar surface area (TPSA) is 80.0 Å². The summed E-state index contributed by atoms with van der Waals surface area (Å²) in [5.74, 6) is -3.65. The van der Waals surface area contributed by atoms with Crippen LogP contribution in [0.4, 0.5) is 18.0 Å². The standard InChI is InChI=1S/C17H12ClF3N4O2/c18-15-4-14-12(5-22-15)23-16-2-8(13(6-25(14)16)24-17(26)27)7-1-10(20)11(21)3-9(7)19/h1,3-5,8,13,24H,2,6H2,(H,26,27)/t8-,13+/m1/s1. The van der Waals surface area contributed by atoms with E-state index in [0.29, 0.717) is 22.9 Å². The Kier molecular flexibility index (Phi) is 4.18. The van der Waals surface area contributed by atoms with Gasteiger partial charge in [-0.1, -0.05) is 11.6 Å². The van der Waals surface area contributed by atoms with Gasteiger partial charge in [-0.2, -0.15) is 0 Å². The number of nitrogens with zero attached hydrogens (tertiary/aromatic N) is 3. The van der Waals surface area contributed by atoms with Gasteiger partial charge in [0.05, 0.1) is 17.8 Å². The fraction of sp³-hybridized carbons (Fsp3) is 0.235. The Hall–Kier alpha value is -2.81. The molecule has 0 saturated heterocycles. The Bertz CT molecular complexity index is 1070. The Balaban J connectivity index is 1.83. The van der Waals surface area contributed by atoms with Crippen molar-refractivity contribution in [2.75, 3.05) is 0 Å². The Labute approximate surface area is 155 Å². The number of fused-ring (bicyclic) bond motifs is 3. The molecule has 4 rings (SSSR count). The van der Waals surface area contributed by atoms with Crippen LogP contribution in [-0.2, 0) is 13.0 Å². The third kappa shape index (κ3) is 3.08. The van der Waals surface area contributed by atoms with Crippen molar-refractivity contribution in [3.8, 4) is 0 Å². The molecular formula is C17H12ClF3N4O2. The summed E-state index contributed by atoms with van der Waals surface area (Å²) in [6, 6.07) is 2.05. The minimum absolute atomic E-state index is 0.109. The highest BCUT2D eigenvalue weighted by atomic mass is 35.5. The van der Waals surface area contributed by atoms with Crippen LogP contribution in [0.3, 0.4) is 0 Å². The average molecular weight is 397 g/mol. The van der Waals surface area contributed by atoms with Crippen molar-refractivity contribution >= 4 is 28.7 Å². The van der Waals surface area contributed by atoms with Gasteiger partial charge in [-0.3, -0.25) is 0 Å². The largest absolute Gasteiger partial charge is 0.465 e. The summed E-state index contributed by atoms with van der Waals surface area (Å²) < 4.78 is 43.1. The fourth-order valence-corrected chi connectivity index (χ4v) is 3.68. The molecule has 0 radical (unpaired) electrons. The van der Waals surface area contributed by atoms with E-state index in [-0.39, 0.29) is 23.7 Å². The first-order chi connectivity index (χ1) is 12.8. The molecule has 2 atom stereocenters. The predicted octanol–water partition coefficient (Wildman–Crippen LogP) is 3.48. The van der Waals surface area contributed by atoms with Crippen LogP contribution in [0, 0.1) is 17.5 Å². The quantitative estimate of drug-likeness (QED) is 0.513. The number of hydrogen-bond donors (Lipinski definition) is 2. The molecule has 1 aliphatic heterocycles. The van der Waals surface area contributed by atoms with Gasteiger partial charge in [-0.15, -0.1) is 0 Å². The summed E-state index contributed by atoms with van der Waals surface area (Å²) in [6.07, 6.45) is 0.301. The lowest BCUT2D eigenvalue weighted by Gasteiger charge is -2.33. The van der Waals surface area contributed by atoms with Gasteiger partial charge >= 0.3 is 6.09 Å². The molecule has 140 valence electrons. The minimum Gasteiger partial charge on any atom is -0.465 e. The second-order valence-corrected chi connectivity index (χ2v) is 6.68. The number of pyridine rings is 1. The van der Waals surface area contributed by atoms with Crippen molar-refractivity contribution in [1.29, 1.82) is 0 Å². The Morgan fingerprint density at radius 1 is 1.22 bits per heavy atom. The van der Waals surface area contributed by atoms with Crippen LogP contribution in [0.25, 0.3) is 11.0 Å². The highest BCUT2D eigenvalue weighted by Crippen LogP contribution is 2.34. The third-order valence-electron chi connectivity index (χ3n) is 4.70. The number of rotatable bonds is 2. The van der Waals surface area contributed by atoms with E-state index in [0.717, 1.165) is 6.07 Å². The first-order valence-electron chi connectivity index (χ1n) is 7.98. The van der Waals surface area contributed by atoms with E-state index >= 15 is 0 Å². The van der Waals surface area contributed by atoms with Crippen molar-refractivity contribution in [3.63, 3.8) is 0 Å². The SMILES string of the molecule is O=C(O)N[C@H]1Cn2c(nc3cnc(Cl)cc32)C[C@@H]1c1cc(F)c(F)cc1F. The van der Waals surface area contributed by atoms with Gasteiger partial charge in [0, 0.05) is 31.0 Å². The lowest BCUT2D eigenvalue weighted by atomic mass is 9.85. The molecule has 1 amide bonds. The smallest absolute Gasteiger partial charge is 0.404 e. The van der Waals surface area contributed by atoms with Crippen LogP contribution in [0.1, 0.15) is 17.3 Å². The summed E-state index contributed by atoms with van der Waals surface area (Å²) in [4.78, 5) is 19.6. The molecule has 3 aromatic rings. The van der Waals surface area contributed by atoms with Crippen LogP contribution in [0.2, 0.25) is 5.15 Å². The monoisotopic (exact) mass is 396 g/mol. The summed E-state index contributed by atoms with van der Waals surface area (Å²) in [7, 11) is 0. The van der Waals surface area contributed by atoms with Crippen molar-refractivity contribution in [2.24, 2.45) is 0 Å². The van der Waals surface area contributed by atoms with Crippen molar-refractivity contribution in [2.45, 2.75) is 24.9 Å². The zero-order valence-electron chi connectivity index (χ0n) is 13.6. The fourth-order valence-electron chi connectivity index (χ4n) is 3.53. The number of nitrogens with one attached hydrogen (secondary N) is 1. The molecular weight excluding hydrogens is 385 g/mol. The average Bonchev–Trinajstić information content (AvgIpc) is 2.94. The zero-order valence-corrected chi connectivity index (χ0v) is 14.3. The molecule has 0 fully saturated rings. The van der Waals surface area contributed by atoms with Gasteiger partial charge in [-0.25, -0.2) is 27.9 Å². The molecule has 3 heterocycles. The summed E-state index contributed by atoms with van der Waals surface area (Å²) in [5.41, 5.74) is 1.10. The number of benzene rings is 1. The zero-order chi connectivity index (χ0) is 19.3. The third-order valence-corrected chi connectivity index (χ3v) is 4.90. The van der Waals surface area contributed by atoms with Gasteiger partial charge in [0.1, 0.15) is 22.3 Å². The predicted molar refractivity (Wildman–Crippen MR) is 90.2 cm³/mol. The summed E-state index contributed by atoms with van der Waals surface area (Å²) >= 11 is 5.93. The molecule has 0 aliphatic carbocycles. The van der Waals surface area contributed by atoms with Gasteiger partial charge in [0.2, 0.25) is 0 Å². The number of imidazole rings is 1. The minimum atomic E-state index is -1.31. The van der Waals surface area contributed by atoms with E-state index in [1.54, 1.807) is 10.6 Å². The van der Waals surface area contributed by atoms with Crippen LogP contribution in [0.5, 0.6) is 0 Å². The number of amides is 1. The molecule has 0 unspecified atom stereocenters. The van der Waals surface area contributed by atoms with E-state index in [2.05, 4.69) is 15.3 Å². The normalized spacial score (nSPS) is 19.1. The number of carboxylic acid groups (broad SMARTS) is 1. The maximum absolute atomic E-state index is 14.3. The van der Waals surface area contributed by atoms with Gasteiger partial charge < -0.3 is 15.0 Å². The number of carbonyl (C=O) groups is 1. The number of halogens is 4. The molecule has 6 nitrogen and oxygen atoms in total. The molecule has 10 heteroatoms. The first kappa shape index (κ1) is 17.6. The Morgan fingerprint density at radius 2 is 1.96 bits per heavy atom. The van der Waals surface area contributed by atoms with E-state index in [1.807, 2.05) is 0 Å². The first-order valence-corrected chi connectivity index (χ1v) is 8.36. The van der Waals surface area contributed by atoms with Crippen molar-refractivity contribution < 1.29 is 23.1 Å². The van der Waals surface area contributed by atoms with Crippen LogP contribution in [0.15, 0.2) is 24.4 Å². The Morgan fingerprint density at radius 3 is 2.70 bits per heavy atom. The van der Waals surface area contributed by atoms with E-state index in [9.17, 15) is 18.0 Å². The second-order valence-electron chi connectivity index (χ2n) is 6.29. The molecule has 1 aromatic carbocycles. The molecule has 0 saturated carbocycles. The van der Waals surface area contributed by atoms with Crippen LogP contribution in [-0.4, -0.2) is 31.8 Å². The van der Waals surface area contributed by atoms with Gasteiger partial charge in [-0.05, 0) is 11.6 Å². The maximum Gasteiger partial charge on any atom is 0.404 e. The van der Waals surface area contributed by atoms with E-state index in [4.69, 9.17) is 16.7 Å². The second kappa shape index (κ2) is 6.41. The molecule has 2 aromatic heterocycles. The molecule has 0 bridgehead atoms. The highest BCUT2D eigenvalue weighted by Gasteiger charge is 2.35. The highest BCUT2D eigenvalue weighted by molar-refractivity contribution is 6.29. The lowest BCUT2D eigenvalue weighted by Crippen LogP contribution is -2.45. The molecule has 1 aliphatic rings. The maximum atomic E-state index is 14.3. The van der Waals surface area contributed by atoms with Crippen LogP contribution < -0.4 is 5.32 Å². The molecule has 27 heavy (non-hydrogen) atoms. The lowest BCUT2D eigenvalue weighted by molar-refractivity contribution is 0.183. The molecule has 2 N–H and O–H groups in total. The number of hydrogen-bond acceptors (Lipinski definition) is 3. The van der Waals surface area contributed by atoms with Gasteiger partial charge in [0.25, 0.3) is 0 Å². The van der Waals surface area contributed by atoms with Crippen LogP contribution >= 0.6 is 11.6 Å². The van der Waals surface area contributed by atoms with E-state index < -0.39 is 35.5 Å². The number of aromatic nitrogens is 3. The molecule has 0 spiro atoms. The van der Waals surface area contributed by atoms with Crippen molar-refractivity contribution in [3.05, 3.63) is 58.4 Å².